The first-order valence-electron chi connectivity index (χ1n) is 7.92. The summed E-state index contributed by atoms with van der Waals surface area (Å²) in [6, 6.07) is 2.04. The largest absolute Gasteiger partial charge is 0.462 e. The average molecular weight is 325 g/mol. The van der Waals surface area contributed by atoms with E-state index < -0.39 is 0 Å². The van der Waals surface area contributed by atoms with E-state index in [2.05, 4.69) is 15.2 Å². The van der Waals surface area contributed by atoms with Crippen molar-refractivity contribution in [2.45, 2.75) is 52.2 Å². The zero-order chi connectivity index (χ0) is 17.3. The third-order valence-corrected chi connectivity index (χ3v) is 3.21. The van der Waals surface area contributed by atoms with Crippen molar-refractivity contribution >= 4 is 12.4 Å². The highest BCUT2D eigenvalue weighted by atomic mass is 16.5. The third kappa shape index (κ3) is 6.81. The first kappa shape index (κ1) is 19.2. The molecule has 7 nitrogen and oxygen atoms in total. The number of piperidine rings is 1. The molecule has 1 aromatic heterocycles. The number of ether oxygens (including phenoxy) is 2. The Morgan fingerprint density at radius 2 is 2.09 bits per heavy atom. The van der Waals surface area contributed by atoms with E-state index in [9.17, 15) is 9.59 Å². The van der Waals surface area contributed by atoms with Gasteiger partial charge in [-0.25, -0.2) is 4.79 Å². The highest BCUT2D eigenvalue weighted by Crippen LogP contribution is 2.19. The minimum atomic E-state index is -0.318. The predicted molar refractivity (Wildman–Crippen MR) is 86.2 cm³/mol. The van der Waals surface area contributed by atoms with Gasteiger partial charge in [0.05, 0.1) is 12.6 Å². The molecule has 7 heteroatoms. The number of hydrogen-bond donors (Lipinski definition) is 1. The Morgan fingerprint density at radius 1 is 1.43 bits per heavy atom. The van der Waals surface area contributed by atoms with Gasteiger partial charge in [0.1, 0.15) is 11.3 Å². The predicted octanol–water partition coefficient (Wildman–Crippen LogP) is 1.94. The number of esters is 1. The average Bonchev–Trinajstić information content (AvgIpc) is 2.97. The molecular weight excluding hydrogens is 298 g/mol. The Hall–Kier alpha value is -1.89. The molecule has 0 saturated carbocycles. The molecule has 1 aliphatic rings. The zero-order valence-electron chi connectivity index (χ0n) is 14.4. The van der Waals surface area contributed by atoms with Gasteiger partial charge < -0.3 is 14.8 Å². The lowest BCUT2D eigenvalue weighted by atomic mass is 10.1. The van der Waals surface area contributed by atoms with E-state index in [0.717, 1.165) is 25.9 Å². The van der Waals surface area contributed by atoms with Crippen molar-refractivity contribution < 1.29 is 19.1 Å². The zero-order valence-corrected chi connectivity index (χ0v) is 14.4. The number of carbonyl (C=O) groups excluding carboxylic acids is 2. The fourth-order valence-electron chi connectivity index (χ4n) is 2.17. The number of nitrogens with one attached hydrogen (secondary N) is 1. The van der Waals surface area contributed by atoms with Crippen molar-refractivity contribution in [1.29, 1.82) is 0 Å². The maximum Gasteiger partial charge on any atom is 0.356 e. The molecule has 0 spiro atoms. The molecule has 130 valence electrons. The third-order valence-electron chi connectivity index (χ3n) is 3.21. The van der Waals surface area contributed by atoms with Gasteiger partial charge in [0.25, 0.3) is 6.47 Å². The number of rotatable bonds is 4. The van der Waals surface area contributed by atoms with Crippen molar-refractivity contribution in [2.24, 2.45) is 0 Å². The molecule has 1 aliphatic heterocycles. The molecule has 0 amide bonds. The molecule has 0 bridgehead atoms. The van der Waals surface area contributed by atoms with Crippen LogP contribution in [0.2, 0.25) is 0 Å². The summed E-state index contributed by atoms with van der Waals surface area (Å²) < 4.78 is 11.4. The molecule has 2 heterocycles. The highest BCUT2D eigenvalue weighted by molar-refractivity contribution is 5.87. The normalized spacial score (nSPS) is 15.3. The van der Waals surface area contributed by atoms with E-state index in [-0.39, 0.29) is 11.6 Å². The van der Waals surface area contributed by atoms with Gasteiger partial charge in [-0.15, -0.1) is 0 Å². The number of carbonyl (C=O) groups is 2. The summed E-state index contributed by atoms with van der Waals surface area (Å²) in [5.41, 5.74) is 0.246. The summed E-state index contributed by atoms with van der Waals surface area (Å²) in [5, 5.41) is 7.52. The topological polar surface area (TPSA) is 82.5 Å². The Kier molecular flexibility index (Phi) is 7.74. The number of nitrogens with zero attached hydrogens (tertiary/aromatic N) is 2. The van der Waals surface area contributed by atoms with Gasteiger partial charge in [-0.05, 0) is 59.7 Å². The monoisotopic (exact) mass is 325 g/mol. The van der Waals surface area contributed by atoms with Gasteiger partial charge in [0.2, 0.25) is 0 Å². The second kappa shape index (κ2) is 9.29. The second-order valence-electron chi connectivity index (χ2n) is 6.19. The van der Waals surface area contributed by atoms with Gasteiger partial charge >= 0.3 is 5.97 Å². The van der Waals surface area contributed by atoms with Gasteiger partial charge in [-0.3, -0.25) is 9.48 Å². The van der Waals surface area contributed by atoms with Gasteiger partial charge in [0, 0.05) is 6.20 Å². The summed E-state index contributed by atoms with van der Waals surface area (Å²) in [6.45, 7) is 10.1. The molecule has 1 aromatic rings. The van der Waals surface area contributed by atoms with E-state index in [1.165, 1.54) is 0 Å². The molecule has 0 atom stereocenters. The Balaban J connectivity index is 0.000000322. The standard InChI is InChI=1S/C11H17N3O2.C5H10O2/c1-2-16-11(15)10-5-8-13-14(10)9-3-6-12-7-4-9;1-5(2,3)7-4-6/h5,8-9,12H,2-4,6-7H2,1H3;4H,1-3H3. The Morgan fingerprint density at radius 3 is 2.57 bits per heavy atom. The smallest absolute Gasteiger partial charge is 0.356 e. The molecule has 0 radical (unpaired) electrons. The van der Waals surface area contributed by atoms with Crippen LogP contribution in [0.1, 0.15) is 57.1 Å². The van der Waals surface area contributed by atoms with Crippen LogP contribution in [0, 0.1) is 0 Å². The second-order valence-corrected chi connectivity index (χ2v) is 6.19. The molecule has 0 unspecified atom stereocenters. The van der Waals surface area contributed by atoms with Crippen LogP contribution in [0.5, 0.6) is 0 Å². The van der Waals surface area contributed by atoms with Gasteiger partial charge in [0.15, 0.2) is 0 Å². The van der Waals surface area contributed by atoms with Crippen LogP contribution in [-0.4, -0.2) is 47.5 Å². The molecule has 0 aromatic carbocycles. The van der Waals surface area contributed by atoms with Crippen molar-refractivity contribution in [3.63, 3.8) is 0 Å². The fourth-order valence-corrected chi connectivity index (χ4v) is 2.17. The summed E-state index contributed by atoms with van der Waals surface area (Å²) in [6.07, 6.45) is 3.68. The summed E-state index contributed by atoms with van der Waals surface area (Å²) in [5.74, 6) is -0.279. The number of hydrogen-bond acceptors (Lipinski definition) is 6. The summed E-state index contributed by atoms with van der Waals surface area (Å²) in [7, 11) is 0. The van der Waals surface area contributed by atoms with Crippen LogP contribution in [-0.2, 0) is 14.3 Å². The van der Waals surface area contributed by atoms with Crippen LogP contribution in [0.15, 0.2) is 12.3 Å². The SMILES string of the molecule is CC(C)(C)OC=O.CCOC(=O)c1ccnn1C1CCNCC1. The molecule has 1 N–H and O–H groups in total. The van der Waals surface area contributed by atoms with E-state index in [1.54, 1.807) is 16.9 Å². The minimum absolute atomic E-state index is 0.279. The van der Waals surface area contributed by atoms with Crippen LogP contribution >= 0.6 is 0 Å². The first-order valence-corrected chi connectivity index (χ1v) is 7.92. The number of aromatic nitrogens is 2. The molecule has 23 heavy (non-hydrogen) atoms. The maximum absolute atomic E-state index is 11.7. The highest BCUT2D eigenvalue weighted by Gasteiger charge is 2.21. The molecular formula is C16H27N3O4. The molecule has 1 fully saturated rings. The van der Waals surface area contributed by atoms with Crippen molar-refractivity contribution in [2.75, 3.05) is 19.7 Å². The summed E-state index contributed by atoms with van der Waals surface area (Å²) >= 11 is 0. The van der Waals surface area contributed by atoms with E-state index in [1.807, 2.05) is 27.7 Å². The van der Waals surface area contributed by atoms with E-state index in [4.69, 9.17) is 4.74 Å². The van der Waals surface area contributed by atoms with Crippen LogP contribution in [0.3, 0.4) is 0 Å². The Labute approximate surface area is 137 Å². The minimum Gasteiger partial charge on any atom is -0.462 e. The van der Waals surface area contributed by atoms with Gasteiger partial charge in [-0.1, -0.05) is 0 Å². The van der Waals surface area contributed by atoms with E-state index in [0.29, 0.717) is 24.8 Å². The van der Waals surface area contributed by atoms with Crippen molar-refractivity contribution in [1.82, 2.24) is 15.1 Å². The van der Waals surface area contributed by atoms with E-state index >= 15 is 0 Å². The first-order chi connectivity index (χ1) is 10.9. The molecule has 2 rings (SSSR count). The molecule has 1 saturated heterocycles. The lowest BCUT2D eigenvalue weighted by Gasteiger charge is -2.24. The van der Waals surface area contributed by atoms with Crippen LogP contribution in [0.25, 0.3) is 0 Å². The fraction of sp³-hybridized carbons (Fsp3) is 0.688. The van der Waals surface area contributed by atoms with Crippen molar-refractivity contribution in [3.05, 3.63) is 18.0 Å². The van der Waals surface area contributed by atoms with Crippen LogP contribution in [0.4, 0.5) is 0 Å². The van der Waals surface area contributed by atoms with Gasteiger partial charge in [-0.2, -0.15) is 5.10 Å². The Bertz CT molecular complexity index is 488. The summed E-state index contributed by atoms with van der Waals surface area (Å²) in [4.78, 5) is 21.3. The lowest BCUT2D eigenvalue weighted by molar-refractivity contribution is -0.138. The lowest BCUT2D eigenvalue weighted by Crippen LogP contribution is -2.31. The maximum atomic E-state index is 11.7. The van der Waals surface area contributed by atoms with Crippen molar-refractivity contribution in [3.8, 4) is 0 Å². The molecule has 0 aliphatic carbocycles. The quantitative estimate of drug-likeness (QED) is 0.673. The van der Waals surface area contributed by atoms with Crippen LogP contribution < -0.4 is 5.32 Å².